The molecule has 0 bridgehead atoms. The number of hydrogen-bond acceptors (Lipinski definition) is 16. The Morgan fingerprint density at radius 2 is 0.882 bits per heavy atom. The molecule has 3 fully saturated rings. The van der Waals surface area contributed by atoms with E-state index >= 15 is 0 Å². The minimum absolute atomic E-state index is 0.724. The summed E-state index contributed by atoms with van der Waals surface area (Å²) in [6, 6.07) is 0. The number of ether oxygens (including phenoxy) is 5. The highest BCUT2D eigenvalue weighted by Gasteiger charge is 2.53. The van der Waals surface area contributed by atoms with Crippen molar-refractivity contribution in [2.75, 3.05) is 19.8 Å². The van der Waals surface area contributed by atoms with Crippen LogP contribution in [0.3, 0.4) is 0 Å². The van der Waals surface area contributed by atoms with Crippen LogP contribution in [0.5, 0.6) is 0 Å². The summed E-state index contributed by atoms with van der Waals surface area (Å²) >= 11 is 0. The van der Waals surface area contributed by atoms with E-state index in [1.807, 2.05) is 0 Å². The van der Waals surface area contributed by atoms with E-state index in [0.29, 0.717) is 0 Å². The molecule has 15 atom stereocenters. The second kappa shape index (κ2) is 11.6. The Labute approximate surface area is 192 Å². The molecule has 3 rings (SSSR count). The SMILES string of the molecule is OC[C@H]1O[C@H](O[C@@H]2[C@H](O)[C@@H](O[C@H]3[C@@H](O)[C@H](O)[C@@H](CO)O[C@@H]3O)O[C@H](CO)[C@H]2O)[C@@H](O)[C@@H](O)[C@@H]1O. The highest BCUT2D eigenvalue weighted by atomic mass is 16.8. The van der Waals surface area contributed by atoms with Crippen LogP contribution >= 0.6 is 0 Å². The Hall–Kier alpha value is -0.640. The first-order valence-electron chi connectivity index (χ1n) is 10.6. The zero-order chi connectivity index (χ0) is 25.3. The van der Waals surface area contributed by atoms with Gasteiger partial charge in [0, 0.05) is 0 Å². The van der Waals surface area contributed by atoms with E-state index in [1.165, 1.54) is 0 Å². The number of aliphatic hydroxyl groups is 11. The van der Waals surface area contributed by atoms with Crippen molar-refractivity contribution in [3.8, 4) is 0 Å². The second-order valence-electron chi connectivity index (χ2n) is 8.33. The predicted octanol–water partition coefficient (Wildman–Crippen LogP) is -7.57. The van der Waals surface area contributed by atoms with Crippen molar-refractivity contribution in [3.63, 3.8) is 0 Å². The molecule has 0 aromatic rings. The van der Waals surface area contributed by atoms with Crippen LogP contribution in [0.2, 0.25) is 0 Å². The highest BCUT2D eigenvalue weighted by Crippen LogP contribution is 2.32. The van der Waals surface area contributed by atoms with E-state index in [2.05, 4.69) is 0 Å². The molecule has 0 spiro atoms. The molecule has 0 aromatic heterocycles. The third-order valence-electron chi connectivity index (χ3n) is 6.10. The van der Waals surface area contributed by atoms with Crippen LogP contribution in [-0.2, 0) is 23.7 Å². The topological polar surface area (TPSA) is 269 Å². The summed E-state index contributed by atoms with van der Waals surface area (Å²) in [5.41, 5.74) is 0. The van der Waals surface area contributed by atoms with Crippen molar-refractivity contribution in [3.05, 3.63) is 0 Å². The van der Waals surface area contributed by atoms with E-state index in [0.717, 1.165) is 0 Å². The third kappa shape index (κ3) is 5.37. The van der Waals surface area contributed by atoms with Crippen molar-refractivity contribution in [2.45, 2.75) is 92.1 Å². The van der Waals surface area contributed by atoms with Crippen molar-refractivity contribution < 1.29 is 79.9 Å². The molecular weight excluding hydrogens is 472 g/mol. The van der Waals surface area contributed by atoms with Gasteiger partial charge >= 0.3 is 0 Å². The summed E-state index contributed by atoms with van der Waals surface area (Å²) < 4.78 is 26.2. The van der Waals surface area contributed by atoms with E-state index < -0.39 is 112 Å². The summed E-state index contributed by atoms with van der Waals surface area (Å²) in [4.78, 5) is 0. The molecule has 3 heterocycles. The van der Waals surface area contributed by atoms with E-state index in [9.17, 15) is 51.1 Å². The van der Waals surface area contributed by atoms with E-state index in [1.54, 1.807) is 0 Å². The molecule has 16 nitrogen and oxygen atoms in total. The van der Waals surface area contributed by atoms with Crippen LogP contribution in [0.15, 0.2) is 0 Å². The second-order valence-corrected chi connectivity index (χ2v) is 8.33. The lowest BCUT2D eigenvalue weighted by atomic mass is 9.96. The van der Waals surface area contributed by atoms with Gasteiger partial charge in [-0.25, -0.2) is 0 Å². The van der Waals surface area contributed by atoms with Gasteiger partial charge in [-0.15, -0.1) is 0 Å². The lowest BCUT2D eigenvalue weighted by Gasteiger charge is -2.47. The first-order valence-corrected chi connectivity index (χ1v) is 10.6. The number of aliphatic hydroxyl groups excluding tert-OH is 11. The molecule has 3 saturated heterocycles. The molecule has 0 aromatic carbocycles. The largest absolute Gasteiger partial charge is 0.394 e. The number of rotatable bonds is 7. The molecular formula is C18H32O16. The molecule has 16 heteroatoms. The van der Waals surface area contributed by atoms with Gasteiger partial charge in [-0.3, -0.25) is 0 Å². The van der Waals surface area contributed by atoms with Gasteiger partial charge in [-0.05, 0) is 0 Å². The molecule has 0 unspecified atom stereocenters. The summed E-state index contributed by atoms with van der Waals surface area (Å²) in [7, 11) is 0. The predicted molar refractivity (Wildman–Crippen MR) is 101 cm³/mol. The van der Waals surface area contributed by atoms with Gasteiger partial charge in [0.05, 0.1) is 19.8 Å². The van der Waals surface area contributed by atoms with E-state index in [4.69, 9.17) is 28.8 Å². The summed E-state index contributed by atoms with van der Waals surface area (Å²) in [6.07, 6.45) is -25.5. The monoisotopic (exact) mass is 504 g/mol. The van der Waals surface area contributed by atoms with Crippen LogP contribution in [-0.4, -0.2) is 168 Å². The van der Waals surface area contributed by atoms with Gasteiger partial charge in [0.25, 0.3) is 0 Å². The van der Waals surface area contributed by atoms with E-state index in [-0.39, 0.29) is 0 Å². The molecule has 0 saturated carbocycles. The smallest absolute Gasteiger partial charge is 0.187 e. The summed E-state index contributed by atoms with van der Waals surface area (Å²) in [5.74, 6) is 0. The minimum Gasteiger partial charge on any atom is -0.394 e. The zero-order valence-electron chi connectivity index (χ0n) is 17.7. The maximum Gasteiger partial charge on any atom is 0.187 e. The van der Waals surface area contributed by atoms with Gasteiger partial charge in [0.15, 0.2) is 18.9 Å². The molecule has 0 radical (unpaired) electrons. The van der Waals surface area contributed by atoms with Gasteiger partial charge in [0.2, 0.25) is 0 Å². The molecule has 3 aliphatic heterocycles. The van der Waals surface area contributed by atoms with Gasteiger partial charge in [0.1, 0.15) is 73.2 Å². The van der Waals surface area contributed by atoms with Crippen LogP contribution in [0.4, 0.5) is 0 Å². The fourth-order valence-electron chi connectivity index (χ4n) is 4.03. The Kier molecular flexibility index (Phi) is 9.54. The van der Waals surface area contributed by atoms with Gasteiger partial charge in [-0.2, -0.15) is 0 Å². The molecule has 0 aliphatic carbocycles. The standard InChI is InChI=1S/C18H32O16/c19-1-4-8(23)11(26)15(16(29)30-4)34-18-13(28)14(9(24)6(3-21)32-18)33-17-12(27)10(25)7(22)5(2-20)31-17/h4-29H,1-3H2/t4-,5-,6-,7-,8-,9-,10+,11+,12+,13+,14+,15+,16+,17-,18-/m1/s1. The first-order chi connectivity index (χ1) is 16.0. The zero-order valence-corrected chi connectivity index (χ0v) is 17.7. The summed E-state index contributed by atoms with van der Waals surface area (Å²) in [5, 5.41) is 110. The normalized spacial score (nSPS) is 52.5. The van der Waals surface area contributed by atoms with Crippen LogP contribution in [0.1, 0.15) is 0 Å². The highest BCUT2D eigenvalue weighted by molar-refractivity contribution is 4.96. The molecule has 0 amide bonds. The molecule has 200 valence electrons. The van der Waals surface area contributed by atoms with Crippen molar-refractivity contribution in [1.29, 1.82) is 0 Å². The lowest BCUT2D eigenvalue weighted by molar-refractivity contribution is -0.382. The average molecular weight is 504 g/mol. The Bertz CT molecular complexity index is 639. The van der Waals surface area contributed by atoms with Crippen LogP contribution in [0, 0.1) is 0 Å². The van der Waals surface area contributed by atoms with Crippen LogP contribution in [0.25, 0.3) is 0 Å². The van der Waals surface area contributed by atoms with Crippen LogP contribution < -0.4 is 0 Å². The lowest BCUT2D eigenvalue weighted by Crippen LogP contribution is -2.66. The minimum atomic E-state index is -1.92. The van der Waals surface area contributed by atoms with Crippen molar-refractivity contribution in [1.82, 2.24) is 0 Å². The molecule has 3 aliphatic rings. The number of hydrogen-bond donors (Lipinski definition) is 11. The fourth-order valence-corrected chi connectivity index (χ4v) is 4.03. The first kappa shape index (κ1) is 27.9. The maximum absolute atomic E-state index is 10.7. The van der Waals surface area contributed by atoms with Gasteiger partial charge < -0.3 is 79.9 Å². The van der Waals surface area contributed by atoms with Gasteiger partial charge in [-0.1, -0.05) is 0 Å². The third-order valence-corrected chi connectivity index (χ3v) is 6.10. The summed E-state index contributed by atoms with van der Waals surface area (Å²) in [6.45, 7) is -2.30. The Morgan fingerprint density at radius 3 is 1.44 bits per heavy atom. The quantitative estimate of drug-likeness (QED) is 0.154. The molecule has 34 heavy (non-hydrogen) atoms. The van der Waals surface area contributed by atoms with Crippen molar-refractivity contribution >= 4 is 0 Å². The maximum atomic E-state index is 10.7. The van der Waals surface area contributed by atoms with Crippen molar-refractivity contribution in [2.24, 2.45) is 0 Å². The molecule has 11 N–H and O–H groups in total. The average Bonchev–Trinajstić information content (AvgIpc) is 2.82. The fraction of sp³-hybridized carbons (Fsp3) is 1.00. The Morgan fingerprint density at radius 1 is 0.441 bits per heavy atom. The Balaban J connectivity index is 1.76.